The first-order chi connectivity index (χ1) is 13.8. The number of carbonyl (C=O) groups excluding carboxylic acids is 2. The molecule has 0 unspecified atom stereocenters. The van der Waals surface area contributed by atoms with Gasteiger partial charge in [0.25, 0.3) is 5.91 Å². The van der Waals surface area contributed by atoms with E-state index in [1.807, 2.05) is 14.0 Å². The highest BCUT2D eigenvalue weighted by Crippen LogP contribution is 2.24. The first kappa shape index (κ1) is 19.0. The fraction of sp³-hybridized carbons (Fsp3) is 0.421. The van der Waals surface area contributed by atoms with Crippen LogP contribution in [0, 0.1) is 5.82 Å². The SMILES string of the molecule is Cn1ccnc1CC(=O)N[C@@]1(C)CCCN(C(=O)c2cc(F)c3n[nH]nc3c2)C1. The fourth-order valence-corrected chi connectivity index (χ4v) is 3.82. The number of hydrogen-bond donors (Lipinski definition) is 2. The first-order valence-electron chi connectivity index (χ1n) is 9.41. The molecule has 0 saturated carbocycles. The smallest absolute Gasteiger partial charge is 0.254 e. The number of aryl methyl sites for hydroxylation is 1. The Morgan fingerprint density at radius 1 is 1.34 bits per heavy atom. The number of carbonyl (C=O) groups is 2. The van der Waals surface area contributed by atoms with Gasteiger partial charge in [-0.1, -0.05) is 0 Å². The Bertz CT molecular complexity index is 1080. The number of aromatic amines is 1. The highest BCUT2D eigenvalue weighted by Gasteiger charge is 2.35. The van der Waals surface area contributed by atoms with E-state index in [0.717, 1.165) is 12.8 Å². The van der Waals surface area contributed by atoms with Crippen molar-refractivity contribution in [2.45, 2.75) is 31.7 Å². The van der Waals surface area contributed by atoms with E-state index < -0.39 is 11.4 Å². The van der Waals surface area contributed by atoms with E-state index in [1.165, 1.54) is 12.1 Å². The zero-order valence-corrected chi connectivity index (χ0v) is 16.3. The van der Waals surface area contributed by atoms with Crippen LogP contribution in [0.2, 0.25) is 0 Å². The van der Waals surface area contributed by atoms with Gasteiger partial charge in [0.2, 0.25) is 5.91 Å². The fourth-order valence-electron chi connectivity index (χ4n) is 3.82. The Balaban J connectivity index is 1.47. The second-order valence-electron chi connectivity index (χ2n) is 7.72. The largest absolute Gasteiger partial charge is 0.349 e. The van der Waals surface area contributed by atoms with Crippen molar-refractivity contribution in [3.63, 3.8) is 0 Å². The Kier molecular flexibility index (Phi) is 4.77. The number of likely N-dealkylation sites (tertiary alicyclic amines) is 1. The standard InChI is InChI=1S/C19H22FN7O2/c1-19(22-16(28)10-15-21-5-7-26(15)2)4-3-6-27(11-19)18(29)12-8-13(20)17-14(9-12)23-25-24-17/h5,7-9H,3-4,6,10-11H2,1-2H3,(H,22,28)(H,23,24,25)/t19-/m0/s1. The molecule has 2 aromatic heterocycles. The van der Waals surface area contributed by atoms with Gasteiger partial charge in [-0.3, -0.25) is 9.59 Å². The molecule has 1 atom stereocenters. The third-order valence-corrected chi connectivity index (χ3v) is 5.29. The van der Waals surface area contributed by atoms with Gasteiger partial charge in [0.1, 0.15) is 16.9 Å². The van der Waals surface area contributed by atoms with Crippen molar-refractivity contribution in [3.8, 4) is 0 Å². The quantitative estimate of drug-likeness (QED) is 0.685. The molecular formula is C19H22FN7O2. The number of amides is 2. The highest BCUT2D eigenvalue weighted by molar-refractivity contribution is 5.97. The summed E-state index contributed by atoms with van der Waals surface area (Å²) in [7, 11) is 1.84. The summed E-state index contributed by atoms with van der Waals surface area (Å²) in [4.78, 5) is 31.3. The van der Waals surface area contributed by atoms with Crippen LogP contribution in [0.15, 0.2) is 24.5 Å². The molecule has 1 aliphatic heterocycles. The zero-order valence-electron chi connectivity index (χ0n) is 16.3. The van der Waals surface area contributed by atoms with Gasteiger partial charge in [0.15, 0.2) is 5.82 Å². The third kappa shape index (κ3) is 3.82. The Morgan fingerprint density at radius 3 is 2.93 bits per heavy atom. The van der Waals surface area contributed by atoms with Gasteiger partial charge in [-0.2, -0.15) is 15.4 Å². The summed E-state index contributed by atoms with van der Waals surface area (Å²) in [5.41, 5.74) is 0.0581. The van der Waals surface area contributed by atoms with Crippen molar-refractivity contribution in [1.82, 2.24) is 35.2 Å². The van der Waals surface area contributed by atoms with Gasteiger partial charge in [-0.25, -0.2) is 9.37 Å². The van der Waals surface area contributed by atoms with Crippen molar-refractivity contribution in [2.75, 3.05) is 13.1 Å². The minimum atomic E-state index is -0.595. The number of nitrogens with one attached hydrogen (secondary N) is 2. The van der Waals surface area contributed by atoms with E-state index in [0.29, 0.717) is 24.4 Å². The van der Waals surface area contributed by atoms with Gasteiger partial charge >= 0.3 is 0 Å². The molecule has 3 aromatic rings. The predicted molar refractivity (Wildman–Crippen MR) is 102 cm³/mol. The molecule has 10 heteroatoms. The highest BCUT2D eigenvalue weighted by atomic mass is 19.1. The van der Waals surface area contributed by atoms with Crippen LogP contribution >= 0.6 is 0 Å². The molecule has 3 heterocycles. The van der Waals surface area contributed by atoms with Gasteiger partial charge in [0, 0.05) is 38.1 Å². The number of hydrogen-bond acceptors (Lipinski definition) is 5. The summed E-state index contributed by atoms with van der Waals surface area (Å²) in [6, 6.07) is 2.70. The van der Waals surface area contributed by atoms with Gasteiger partial charge < -0.3 is 14.8 Å². The van der Waals surface area contributed by atoms with Crippen molar-refractivity contribution in [3.05, 3.63) is 41.7 Å². The average molecular weight is 399 g/mol. The molecule has 1 fully saturated rings. The third-order valence-electron chi connectivity index (χ3n) is 5.29. The van der Waals surface area contributed by atoms with Crippen LogP contribution in [0.4, 0.5) is 4.39 Å². The van der Waals surface area contributed by atoms with Crippen LogP contribution in [0.5, 0.6) is 0 Å². The topological polar surface area (TPSA) is 109 Å². The summed E-state index contributed by atoms with van der Waals surface area (Å²) in [6.07, 6.45) is 5.09. The molecule has 1 aliphatic rings. The molecule has 9 nitrogen and oxygen atoms in total. The van der Waals surface area contributed by atoms with E-state index in [9.17, 15) is 14.0 Å². The molecule has 152 valence electrons. The number of piperidine rings is 1. The van der Waals surface area contributed by atoms with Gasteiger partial charge in [-0.15, -0.1) is 0 Å². The lowest BCUT2D eigenvalue weighted by Crippen LogP contribution is -2.58. The number of H-pyrrole nitrogens is 1. The molecule has 1 saturated heterocycles. The van der Waals surface area contributed by atoms with Crippen molar-refractivity contribution in [1.29, 1.82) is 0 Å². The van der Waals surface area contributed by atoms with E-state index in [-0.39, 0.29) is 29.3 Å². The second-order valence-corrected chi connectivity index (χ2v) is 7.72. The Morgan fingerprint density at radius 2 is 2.17 bits per heavy atom. The first-order valence-corrected chi connectivity index (χ1v) is 9.41. The van der Waals surface area contributed by atoms with Crippen molar-refractivity contribution in [2.24, 2.45) is 7.05 Å². The number of halogens is 1. The van der Waals surface area contributed by atoms with E-state index in [1.54, 1.807) is 21.9 Å². The van der Waals surface area contributed by atoms with E-state index in [2.05, 4.69) is 25.7 Å². The summed E-state index contributed by atoms with van der Waals surface area (Å²) in [6.45, 7) is 2.81. The van der Waals surface area contributed by atoms with Crippen LogP contribution in [-0.2, 0) is 18.3 Å². The number of rotatable bonds is 4. The van der Waals surface area contributed by atoms with Gasteiger partial charge in [0.05, 0.1) is 12.0 Å². The summed E-state index contributed by atoms with van der Waals surface area (Å²) >= 11 is 0. The molecule has 29 heavy (non-hydrogen) atoms. The monoisotopic (exact) mass is 399 g/mol. The normalized spacial score (nSPS) is 19.5. The van der Waals surface area contributed by atoms with Crippen molar-refractivity contribution >= 4 is 22.8 Å². The number of benzene rings is 1. The van der Waals surface area contributed by atoms with Crippen LogP contribution < -0.4 is 5.32 Å². The molecule has 0 radical (unpaired) electrons. The predicted octanol–water partition coefficient (Wildman–Crippen LogP) is 1.18. The van der Waals surface area contributed by atoms with Crippen LogP contribution in [-0.4, -0.2) is 60.3 Å². The molecule has 2 amide bonds. The Labute approximate surface area is 166 Å². The van der Waals surface area contributed by atoms with Gasteiger partial charge in [-0.05, 0) is 31.9 Å². The maximum atomic E-state index is 14.2. The van der Waals surface area contributed by atoms with E-state index in [4.69, 9.17) is 0 Å². The number of imidazole rings is 1. The summed E-state index contributed by atoms with van der Waals surface area (Å²) in [5.74, 6) is -0.363. The van der Waals surface area contributed by atoms with Crippen molar-refractivity contribution < 1.29 is 14.0 Å². The minimum absolute atomic E-state index is 0.103. The number of fused-ring (bicyclic) bond motifs is 1. The lowest BCUT2D eigenvalue weighted by Gasteiger charge is -2.41. The number of aromatic nitrogens is 5. The van der Waals surface area contributed by atoms with Crippen LogP contribution in [0.1, 0.15) is 35.9 Å². The van der Waals surface area contributed by atoms with Crippen LogP contribution in [0.3, 0.4) is 0 Å². The molecule has 0 spiro atoms. The molecule has 1 aromatic carbocycles. The molecule has 0 aliphatic carbocycles. The zero-order chi connectivity index (χ0) is 20.6. The van der Waals surface area contributed by atoms with E-state index >= 15 is 0 Å². The minimum Gasteiger partial charge on any atom is -0.349 e. The maximum absolute atomic E-state index is 14.2. The lowest BCUT2D eigenvalue weighted by molar-refractivity contribution is -0.122. The molecule has 0 bridgehead atoms. The maximum Gasteiger partial charge on any atom is 0.254 e. The Hall–Kier alpha value is -3.30. The molecule has 2 N–H and O–H groups in total. The average Bonchev–Trinajstić information content (AvgIpc) is 3.30. The summed E-state index contributed by atoms with van der Waals surface area (Å²) < 4.78 is 16.0. The lowest BCUT2D eigenvalue weighted by atomic mass is 9.90. The van der Waals surface area contributed by atoms with Crippen LogP contribution in [0.25, 0.3) is 11.0 Å². The molecular weight excluding hydrogens is 377 g/mol. The molecule has 4 rings (SSSR count). The number of nitrogens with zero attached hydrogens (tertiary/aromatic N) is 5. The summed E-state index contributed by atoms with van der Waals surface area (Å²) in [5, 5.41) is 13.0. The second kappa shape index (κ2) is 7.26.